The second kappa shape index (κ2) is 11.1. The molecule has 0 bridgehead atoms. The predicted molar refractivity (Wildman–Crippen MR) is 150 cm³/mol. The molecule has 2 heterocycles. The second-order valence-electron chi connectivity index (χ2n) is 9.96. The fourth-order valence-corrected chi connectivity index (χ4v) is 5.27. The van der Waals surface area contributed by atoms with Crippen LogP contribution in [0.25, 0.3) is 10.2 Å². The SMILES string of the molecule is CCC(c1nc2snc(C)c2c(=O)n1Cc1ccccc1)N(CCC(C)(C)N)C(=O)c1ccc(Cl)cc1. The van der Waals surface area contributed by atoms with Gasteiger partial charge in [0.15, 0.2) is 4.83 Å². The number of nitrogens with zero attached hydrogens (tertiary/aromatic N) is 4. The fraction of sp³-hybridized carbons (Fsp3) is 0.357. The number of benzene rings is 2. The number of rotatable bonds is 9. The number of halogens is 1. The van der Waals surface area contributed by atoms with E-state index in [0.29, 0.717) is 58.3 Å². The summed E-state index contributed by atoms with van der Waals surface area (Å²) in [4.78, 5) is 35.0. The summed E-state index contributed by atoms with van der Waals surface area (Å²) in [6, 6.07) is 16.2. The molecule has 1 unspecified atom stereocenters. The molecule has 1 atom stereocenters. The third-order valence-corrected chi connectivity index (χ3v) is 7.48. The lowest BCUT2D eigenvalue weighted by atomic mass is 10.00. The Bertz CT molecular complexity index is 1440. The molecule has 0 aliphatic rings. The van der Waals surface area contributed by atoms with E-state index in [2.05, 4.69) is 4.37 Å². The number of fused-ring (bicyclic) bond motifs is 1. The van der Waals surface area contributed by atoms with E-state index >= 15 is 0 Å². The van der Waals surface area contributed by atoms with Crippen LogP contribution in [0.4, 0.5) is 0 Å². The summed E-state index contributed by atoms with van der Waals surface area (Å²) < 4.78 is 6.09. The van der Waals surface area contributed by atoms with Gasteiger partial charge in [0.05, 0.1) is 23.7 Å². The molecule has 0 fully saturated rings. The molecule has 2 N–H and O–H groups in total. The molecule has 0 aliphatic carbocycles. The molecule has 1 amide bonds. The van der Waals surface area contributed by atoms with Crippen molar-refractivity contribution >= 4 is 39.3 Å². The van der Waals surface area contributed by atoms with Crippen molar-refractivity contribution in [2.24, 2.45) is 5.73 Å². The second-order valence-corrected chi connectivity index (χ2v) is 11.2. The quantitative estimate of drug-likeness (QED) is 0.300. The van der Waals surface area contributed by atoms with E-state index < -0.39 is 11.6 Å². The van der Waals surface area contributed by atoms with Gasteiger partial charge in [-0.3, -0.25) is 14.2 Å². The van der Waals surface area contributed by atoms with Crippen molar-refractivity contribution in [1.82, 2.24) is 18.8 Å². The van der Waals surface area contributed by atoms with E-state index in [1.807, 2.05) is 58.0 Å². The van der Waals surface area contributed by atoms with E-state index in [0.717, 1.165) is 5.56 Å². The molecule has 2 aromatic heterocycles. The van der Waals surface area contributed by atoms with Crippen LogP contribution in [0, 0.1) is 6.92 Å². The topological polar surface area (TPSA) is 94.1 Å². The molecule has 194 valence electrons. The zero-order valence-corrected chi connectivity index (χ0v) is 23.1. The summed E-state index contributed by atoms with van der Waals surface area (Å²) in [6.07, 6.45) is 1.14. The molecular weight excluding hydrogens is 506 g/mol. The maximum atomic E-state index is 13.9. The third kappa shape index (κ3) is 6.09. The number of hydrogen-bond donors (Lipinski definition) is 1. The molecule has 0 aliphatic heterocycles. The van der Waals surface area contributed by atoms with Crippen LogP contribution in [-0.2, 0) is 6.54 Å². The van der Waals surface area contributed by atoms with Crippen LogP contribution in [0.15, 0.2) is 59.4 Å². The first kappa shape index (κ1) is 27.0. The fourth-order valence-electron chi connectivity index (χ4n) is 4.37. The smallest absolute Gasteiger partial charge is 0.264 e. The van der Waals surface area contributed by atoms with Gasteiger partial charge < -0.3 is 10.6 Å². The number of aryl methyl sites for hydroxylation is 1. The summed E-state index contributed by atoms with van der Waals surface area (Å²) in [6.45, 7) is 8.45. The van der Waals surface area contributed by atoms with Crippen LogP contribution < -0.4 is 11.3 Å². The Balaban J connectivity index is 1.87. The first-order valence-electron chi connectivity index (χ1n) is 12.3. The van der Waals surface area contributed by atoms with E-state index in [1.54, 1.807) is 33.7 Å². The molecule has 0 spiro atoms. The van der Waals surface area contributed by atoms with Gasteiger partial charge in [0, 0.05) is 22.7 Å². The van der Waals surface area contributed by atoms with Crippen molar-refractivity contribution in [2.75, 3.05) is 6.54 Å². The zero-order chi connectivity index (χ0) is 26.7. The minimum absolute atomic E-state index is 0.147. The Morgan fingerprint density at radius 2 is 1.84 bits per heavy atom. The summed E-state index contributed by atoms with van der Waals surface area (Å²) in [5.74, 6) is 0.388. The molecule has 0 radical (unpaired) electrons. The molecular formula is C28H32ClN5O2S. The third-order valence-electron chi connectivity index (χ3n) is 6.39. The number of hydrogen-bond acceptors (Lipinski definition) is 6. The van der Waals surface area contributed by atoms with Crippen LogP contribution in [0.1, 0.15) is 67.1 Å². The van der Waals surface area contributed by atoms with Gasteiger partial charge in [0.2, 0.25) is 0 Å². The predicted octanol–water partition coefficient (Wildman–Crippen LogP) is 5.58. The van der Waals surface area contributed by atoms with Crippen LogP contribution in [0.3, 0.4) is 0 Å². The molecule has 7 nitrogen and oxygen atoms in total. The van der Waals surface area contributed by atoms with Gasteiger partial charge in [-0.25, -0.2) is 4.98 Å². The lowest BCUT2D eigenvalue weighted by Crippen LogP contribution is -2.43. The van der Waals surface area contributed by atoms with Crippen LogP contribution in [0.2, 0.25) is 5.02 Å². The highest BCUT2D eigenvalue weighted by molar-refractivity contribution is 7.12. The van der Waals surface area contributed by atoms with Gasteiger partial charge in [-0.05, 0) is 75.0 Å². The van der Waals surface area contributed by atoms with Crippen molar-refractivity contribution in [3.63, 3.8) is 0 Å². The monoisotopic (exact) mass is 537 g/mol. The largest absolute Gasteiger partial charge is 0.328 e. The van der Waals surface area contributed by atoms with Crippen LogP contribution in [-0.4, -0.2) is 36.8 Å². The van der Waals surface area contributed by atoms with E-state index in [9.17, 15) is 9.59 Å². The molecule has 4 aromatic rings. The first-order valence-corrected chi connectivity index (χ1v) is 13.5. The Kier molecular flexibility index (Phi) is 8.11. The van der Waals surface area contributed by atoms with E-state index in [4.69, 9.17) is 22.3 Å². The summed E-state index contributed by atoms with van der Waals surface area (Å²) in [5.41, 5.74) is 7.85. The van der Waals surface area contributed by atoms with Crippen molar-refractivity contribution in [2.45, 2.75) is 58.7 Å². The number of nitrogens with two attached hydrogens (primary N) is 1. The van der Waals surface area contributed by atoms with Gasteiger partial charge in [0.1, 0.15) is 5.82 Å². The van der Waals surface area contributed by atoms with E-state index in [-0.39, 0.29) is 11.5 Å². The Morgan fingerprint density at radius 1 is 1.16 bits per heavy atom. The van der Waals surface area contributed by atoms with Gasteiger partial charge >= 0.3 is 0 Å². The van der Waals surface area contributed by atoms with Crippen molar-refractivity contribution in [3.8, 4) is 0 Å². The maximum absolute atomic E-state index is 13.9. The summed E-state index contributed by atoms with van der Waals surface area (Å²) in [7, 11) is 0. The standard InChI is InChI=1S/C28H32ClN5O2S/c1-5-22(33(16-15-28(3,4)30)26(35)20-11-13-21(29)14-12-20)24-31-25-23(18(2)32-37-25)27(36)34(24)17-19-9-7-6-8-10-19/h6-14,22H,5,15-17,30H2,1-4H3. The lowest BCUT2D eigenvalue weighted by molar-refractivity contribution is 0.0643. The number of carbonyl (C=O) groups is 1. The normalized spacial score (nSPS) is 12.6. The molecule has 2 aromatic carbocycles. The van der Waals surface area contributed by atoms with Gasteiger partial charge in [-0.1, -0.05) is 48.9 Å². The summed E-state index contributed by atoms with van der Waals surface area (Å²) in [5, 5.41) is 1.08. The van der Waals surface area contributed by atoms with Crippen molar-refractivity contribution in [1.29, 1.82) is 0 Å². The Morgan fingerprint density at radius 3 is 2.46 bits per heavy atom. The maximum Gasteiger partial charge on any atom is 0.264 e. The van der Waals surface area contributed by atoms with Crippen molar-refractivity contribution < 1.29 is 4.79 Å². The molecule has 9 heteroatoms. The molecule has 0 saturated carbocycles. The minimum Gasteiger partial charge on any atom is -0.328 e. The minimum atomic E-state index is -0.479. The van der Waals surface area contributed by atoms with Crippen LogP contribution in [0.5, 0.6) is 0 Å². The molecule has 37 heavy (non-hydrogen) atoms. The van der Waals surface area contributed by atoms with E-state index in [1.165, 1.54) is 11.5 Å². The Labute approximate surface area is 226 Å². The number of aromatic nitrogens is 3. The highest BCUT2D eigenvalue weighted by Crippen LogP contribution is 2.29. The number of carbonyl (C=O) groups excluding carboxylic acids is 1. The van der Waals surface area contributed by atoms with Gasteiger partial charge in [-0.15, -0.1) is 0 Å². The van der Waals surface area contributed by atoms with Crippen molar-refractivity contribution in [3.05, 3.63) is 92.6 Å². The highest BCUT2D eigenvalue weighted by Gasteiger charge is 2.31. The number of amides is 1. The van der Waals surface area contributed by atoms with Gasteiger partial charge in [-0.2, -0.15) is 4.37 Å². The zero-order valence-electron chi connectivity index (χ0n) is 21.6. The lowest BCUT2D eigenvalue weighted by Gasteiger charge is -2.34. The Hall–Kier alpha value is -3.07. The highest BCUT2D eigenvalue weighted by atomic mass is 35.5. The molecule has 4 rings (SSSR count). The van der Waals surface area contributed by atoms with Crippen LogP contribution >= 0.6 is 23.1 Å². The summed E-state index contributed by atoms with van der Waals surface area (Å²) >= 11 is 7.29. The van der Waals surface area contributed by atoms with Gasteiger partial charge in [0.25, 0.3) is 11.5 Å². The molecule has 0 saturated heterocycles. The average molecular weight is 538 g/mol. The average Bonchev–Trinajstić information content (AvgIpc) is 3.24. The first-order chi connectivity index (χ1) is 17.6.